The van der Waals surface area contributed by atoms with Gasteiger partial charge in [0.05, 0.1) is 6.54 Å². The summed E-state index contributed by atoms with van der Waals surface area (Å²) in [6.07, 6.45) is 10.2. The van der Waals surface area contributed by atoms with Crippen molar-refractivity contribution in [1.82, 2.24) is 25.7 Å². The van der Waals surface area contributed by atoms with Crippen LogP contribution >= 0.6 is 0 Å². The number of nitrogen functional groups attached to an aromatic ring is 1. The number of nitrogens with zero attached hydrogens (tertiary/aromatic N) is 4. The van der Waals surface area contributed by atoms with Crippen LogP contribution in [0.2, 0.25) is 0 Å². The zero-order valence-corrected chi connectivity index (χ0v) is 22.2. The van der Waals surface area contributed by atoms with Gasteiger partial charge < -0.3 is 16.8 Å². The fourth-order valence-electron chi connectivity index (χ4n) is 6.29. The Morgan fingerprint density at radius 2 is 2.00 bits per heavy atom. The lowest BCUT2D eigenvalue weighted by molar-refractivity contribution is 0.548. The van der Waals surface area contributed by atoms with E-state index in [1.54, 1.807) is 6.20 Å². The SMILES string of the molecule is NC=C(C=NCc1ccc2c(c1)CCNC2)C(CCCC1CCc2ccccc21)c1cc(N)nc2n[nH]nc12. The summed E-state index contributed by atoms with van der Waals surface area (Å²) in [6.45, 7) is 2.58. The van der Waals surface area contributed by atoms with Gasteiger partial charge in [0.15, 0.2) is 0 Å². The number of aromatic nitrogens is 4. The molecule has 1 aliphatic heterocycles. The summed E-state index contributed by atoms with van der Waals surface area (Å²) in [7, 11) is 0. The molecule has 0 fully saturated rings. The minimum atomic E-state index is -0.0112. The van der Waals surface area contributed by atoms with Crippen molar-refractivity contribution in [3.63, 3.8) is 0 Å². The highest BCUT2D eigenvalue weighted by molar-refractivity contribution is 5.84. The lowest BCUT2D eigenvalue weighted by Crippen LogP contribution is -2.23. The minimum absolute atomic E-state index is 0.0112. The quantitative estimate of drug-likeness (QED) is 0.237. The van der Waals surface area contributed by atoms with E-state index in [2.05, 4.69) is 68.2 Å². The van der Waals surface area contributed by atoms with Gasteiger partial charge in [0.1, 0.15) is 11.3 Å². The summed E-state index contributed by atoms with van der Waals surface area (Å²) in [5, 5.41) is 14.8. The molecule has 0 saturated heterocycles. The van der Waals surface area contributed by atoms with E-state index in [-0.39, 0.29) is 5.92 Å². The van der Waals surface area contributed by atoms with Crippen LogP contribution < -0.4 is 16.8 Å². The number of nitrogens with one attached hydrogen (secondary N) is 2. The first kappa shape index (κ1) is 25.2. The molecule has 2 aromatic heterocycles. The van der Waals surface area contributed by atoms with Gasteiger partial charge in [0.25, 0.3) is 0 Å². The number of anilines is 1. The monoisotopic (exact) mass is 520 g/mol. The second-order valence-electron chi connectivity index (χ2n) is 10.7. The van der Waals surface area contributed by atoms with Gasteiger partial charge in [-0.1, -0.05) is 48.9 Å². The molecule has 0 spiro atoms. The van der Waals surface area contributed by atoms with E-state index in [1.807, 2.05) is 12.3 Å². The Morgan fingerprint density at radius 3 is 2.92 bits per heavy atom. The van der Waals surface area contributed by atoms with Crippen LogP contribution in [0.5, 0.6) is 0 Å². The fraction of sp³-hybridized carbons (Fsp3) is 0.355. The van der Waals surface area contributed by atoms with Crippen molar-refractivity contribution < 1.29 is 0 Å². The number of nitrogens with two attached hydrogens (primary N) is 2. The molecule has 6 N–H and O–H groups in total. The molecule has 2 unspecified atom stereocenters. The Labute approximate surface area is 229 Å². The molecule has 0 amide bonds. The Balaban J connectivity index is 1.22. The average molecular weight is 521 g/mol. The van der Waals surface area contributed by atoms with Crippen molar-refractivity contribution >= 4 is 23.2 Å². The van der Waals surface area contributed by atoms with Gasteiger partial charge in [-0.15, -0.1) is 5.10 Å². The molecule has 0 radical (unpaired) electrons. The maximum atomic E-state index is 6.25. The number of rotatable bonds is 9. The molecule has 1 aliphatic carbocycles. The van der Waals surface area contributed by atoms with Crippen LogP contribution in [0.3, 0.4) is 0 Å². The van der Waals surface area contributed by atoms with Crippen molar-refractivity contribution in [2.45, 2.75) is 63.5 Å². The summed E-state index contributed by atoms with van der Waals surface area (Å²) in [5.41, 5.74) is 22.7. The number of aliphatic imine (C=N–C) groups is 1. The van der Waals surface area contributed by atoms with Crippen LogP contribution in [-0.2, 0) is 25.9 Å². The number of aryl methyl sites for hydroxylation is 1. The Kier molecular flexibility index (Phi) is 7.36. The van der Waals surface area contributed by atoms with Gasteiger partial charge in [0.2, 0.25) is 5.65 Å². The van der Waals surface area contributed by atoms with E-state index in [1.165, 1.54) is 40.7 Å². The lowest BCUT2D eigenvalue weighted by atomic mass is 9.85. The van der Waals surface area contributed by atoms with Gasteiger partial charge in [-0.2, -0.15) is 10.3 Å². The van der Waals surface area contributed by atoms with E-state index in [4.69, 9.17) is 16.5 Å². The van der Waals surface area contributed by atoms with Crippen molar-refractivity contribution in [2.24, 2.45) is 10.7 Å². The highest BCUT2D eigenvalue weighted by Crippen LogP contribution is 2.39. The standard InChI is InChI=1S/C31H36N8/c32-16-25(19-35-17-20-8-9-24-18-34-13-12-23(24)14-20)27(28-15-29(33)36-31-30(28)37-39-38-31)7-3-5-22-11-10-21-4-1-2-6-26(21)22/h1-2,4,6,8-9,14-16,19,22,27,34H,3,5,7,10-13,17-18,32H2,(H3,33,36,37,38,39). The number of aromatic amines is 1. The summed E-state index contributed by atoms with van der Waals surface area (Å²) < 4.78 is 0. The summed E-state index contributed by atoms with van der Waals surface area (Å²) in [4.78, 5) is 9.19. The molecule has 0 bridgehead atoms. The van der Waals surface area contributed by atoms with Crippen LogP contribution in [0.15, 0.2) is 65.3 Å². The first-order valence-corrected chi connectivity index (χ1v) is 14.0. The summed E-state index contributed by atoms with van der Waals surface area (Å²) >= 11 is 0. The predicted molar refractivity (Wildman–Crippen MR) is 157 cm³/mol. The maximum absolute atomic E-state index is 6.25. The summed E-state index contributed by atoms with van der Waals surface area (Å²) in [5.74, 6) is 1.02. The second-order valence-corrected chi connectivity index (χ2v) is 10.7. The number of hydrogen-bond acceptors (Lipinski definition) is 7. The van der Waals surface area contributed by atoms with Crippen LogP contribution in [0.25, 0.3) is 11.2 Å². The van der Waals surface area contributed by atoms with Gasteiger partial charge in [0, 0.05) is 18.7 Å². The molecule has 4 aromatic rings. The maximum Gasteiger partial charge on any atom is 0.203 e. The van der Waals surface area contributed by atoms with E-state index in [0.29, 0.717) is 23.9 Å². The van der Waals surface area contributed by atoms with Gasteiger partial charge >= 0.3 is 0 Å². The molecule has 200 valence electrons. The van der Waals surface area contributed by atoms with Crippen molar-refractivity contribution in [2.75, 3.05) is 12.3 Å². The molecular formula is C31H36N8. The smallest absolute Gasteiger partial charge is 0.203 e. The minimum Gasteiger partial charge on any atom is -0.404 e. The van der Waals surface area contributed by atoms with Gasteiger partial charge in [-0.3, -0.25) is 4.99 Å². The third kappa shape index (κ3) is 5.43. The normalized spacial score (nSPS) is 17.9. The molecule has 6 rings (SSSR count). The number of pyridine rings is 1. The molecular weight excluding hydrogens is 484 g/mol. The summed E-state index contributed by atoms with van der Waals surface area (Å²) in [6, 6.07) is 17.5. The number of allylic oxidation sites excluding steroid dienone is 1. The number of benzene rings is 2. The van der Waals surface area contributed by atoms with Crippen molar-refractivity contribution in [3.8, 4) is 0 Å². The molecule has 8 heteroatoms. The highest BCUT2D eigenvalue weighted by atomic mass is 15.3. The molecule has 0 saturated carbocycles. The van der Waals surface area contributed by atoms with E-state index in [0.717, 1.165) is 55.4 Å². The Bertz CT molecular complexity index is 1520. The molecule has 2 aliphatic rings. The van der Waals surface area contributed by atoms with Crippen molar-refractivity contribution in [3.05, 3.63) is 93.7 Å². The fourth-order valence-corrected chi connectivity index (χ4v) is 6.29. The third-order valence-electron chi connectivity index (χ3n) is 8.29. The number of H-pyrrole nitrogens is 1. The van der Waals surface area contributed by atoms with E-state index in [9.17, 15) is 0 Å². The number of hydrogen-bond donors (Lipinski definition) is 4. The van der Waals surface area contributed by atoms with Crippen LogP contribution in [-0.4, -0.2) is 33.2 Å². The zero-order chi connectivity index (χ0) is 26.6. The highest BCUT2D eigenvalue weighted by Gasteiger charge is 2.25. The molecule has 3 heterocycles. The van der Waals surface area contributed by atoms with Gasteiger partial charge in [-0.05, 0) is 95.8 Å². The Morgan fingerprint density at radius 1 is 1.08 bits per heavy atom. The largest absolute Gasteiger partial charge is 0.404 e. The van der Waals surface area contributed by atoms with E-state index < -0.39 is 0 Å². The number of fused-ring (bicyclic) bond motifs is 3. The zero-order valence-electron chi connectivity index (χ0n) is 22.2. The molecule has 39 heavy (non-hydrogen) atoms. The van der Waals surface area contributed by atoms with Crippen LogP contribution in [0.1, 0.15) is 70.9 Å². The molecule has 2 aromatic carbocycles. The molecule has 2 atom stereocenters. The molecule has 8 nitrogen and oxygen atoms in total. The van der Waals surface area contributed by atoms with Crippen LogP contribution in [0, 0.1) is 0 Å². The topological polar surface area (TPSA) is 131 Å². The second kappa shape index (κ2) is 11.4. The van der Waals surface area contributed by atoms with E-state index >= 15 is 0 Å². The first-order valence-electron chi connectivity index (χ1n) is 14.0. The van der Waals surface area contributed by atoms with Crippen molar-refractivity contribution in [1.29, 1.82) is 0 Å². The lowest BCUT2D eigenvalue weighted by Gasteiger charge is -2.20. The predicted octanol–water partition coefficient (Wildman–Crippen LogP) is 4.68. The first-order chi connectivity index (χ1) is 19.2. The average Bonchev–Trinajstić information content (AvgIpc) is 3.61. The Hall–Kier alpha value is -4.04. The van der Waals surface area contributed by atoms with Crippen LogP contribution in [0.4, 0.5) is 5.82 Å². The third-order valence-corrected chi connectivity index (χ3v) is 8.29. The van der Waals surface area contributed by atoms with Gasteiger partial charge in [-0.25, -0.2) is 4.98 Å².